The molecule has 1 unspecified atom stereocenters. The van der Waals surface area contributed by atoms with Crippen LogP contribution in [0.3, 0.4) is 0 Å². The van der Waals surface area contributed by atoms with E-state index in [-0.39, 0.29) is 11.6 Å². The Hall–Kier alpha value is -4.14. The Bertz CT molecular complexity index is 1240. The van der Waals surface area contributed by atoms with Gasteiger partial charge in [-0.3, -0.25) is 4.79 Å². The Morgan fingerprint density at radius 1 is 1.22 bits per heavy atom. The highest BCUT2D eigenvalue weighted by atomic mass is 16.5. The summed E-state index contributed by atoms with van der Waals surface area (Å²) < 4.78 is 11.8. The molecule has 1 aliphatic rings. The van der Waals surface area contributed by atoms with Gasteiger partial charge in [0, 0.05) is 24.0 Å². The minimum absolute atomic E-state index is 0.222. The topological polar surface area (TPSA) is 107 Å². The number of nitrogens with one attached hydrogen (secondary N) is 2. The second-order valence-corrected chi connectivity index (χ2v) is 7.08. The predicted octanol–water partition coefficient (Wildman–Crippen LogP) is 2.24. The number of nitrogens with zero attached hydrogens (tertiary/aromatic N) is 3. The molecule has 1 atom stereocenters. The highest BCUT2D eigenvalue weighted by Crippen LogP contribution is 2.28. The van der Waals surface area contributed by atoms with Gasteiger partial charge in [0.05, 0.1) is 25.5 Å². The van der Waals surface area contributed by atoms with Crippen LogP contribution in [-0.2, 0) is 16.0 Å². The number of dihydropyridines is 1. The molecule has 32 heavy (non-hydrogen) atoms. The lowest BCUT2D eigenvalue weighted by Gasteiger charge is -2.18. The van der Waals surface area contributed by atoms with Crippen molar-refractivity contribution in [2.75, 3.05) is 14.2 Å². The van der Waals surface area contributed by atoms with E-state index in [1.807, 2.05) is 24.3 Å². The summed E-state index contributed by atoms with van der Waals surface area (Å²) in [4.78, 5) is 28.6. The smallest absolute Gasteiger partial charge is 0.339 e. The minimum Gasteiger partial charge on any atom is -0.496 e. The first-order valence-corrected chi connectivity index (χ1v) is 10.1. The van der Waals surface area contributed by atoms with Gasteiger partial charge in [-0.05, 0) is 36.3 Å². The van der Waals surface area contributed by atoms with Crippen molar-refractivity contribution in [3.8, 4) is 17.0 Å². The molecule has 4 rings (SSSR count). The van der Waals surface area contributed by atoms with Crippen LogP contribution in [-0.4, -0.2) is 46.9 Å². The minimum atomic E-state index is -0.487. The van der Waals surface area contributed by atoms with Crippen molar-refractivity contribution in [1.29, 1.82) is 0 Å². The van der Waals surface area contributed by atoms with Crippen molar-refractivity contribution in [2.45, 2.75) is 19.5 Å². The monoisotopic (exact) mass is 433 g/mol. The molecule has 1 amide bonds. The largest absolute Gasteiger partial charge is 0.496 e. The van der Waals surface area contributed by atoms with Gasteiger partial charge in [-0.15, -0.1) is 0 Å². The Kier molecular flexibility index (Phi) is 5.89. The predicted molar refractivity (Wildman–Crippen MR) is 118 cm³/mol. The van der Waals surface area contributed by atoms with Crippen LogP contribution < -0.4 is 15.4 Å². The number of benzene rings is 1. The second kappa shape index (κ2) is 8.93. The van der Waals surface area contributed by atoms with Crippen molar-refractivity contribution >= 4 is 17.5 Å². The van der Waals surface area contributed by atoms with Gasteiger partial charge >= 0.3 is 5.97 Å². The summed E-state index contributed by atoms with van der Waals surface area (Å²) in [5, 5.41) is 10.2. The van der Waals surface area contributed by atoms with E-state index in [0.29, 0.717) is 11.2 Å². The summed E-state index contributed by atoms with van der Waals surface area (Å²) in [6.07, 6.45) is 6.79. The maximum absolute atomic E-state index is 12.8. The molecule has 1 aliphatic heterocycles. The fourth-order valence-electron chi connectivity index (χ4n) is 3.45. The molecule has 0 saturated heterocycles. The van der Waals surface area contributed by atoms with Crippen LogP contribution in [0.15, 0.2) is 60.5 Å². The molecule has 0 aliphatic carbocycles. The Morgan fingerprint density at radius 3 is 2.75 bits per heavy atom. The molecular weight excluding hydrogens is 410 g/mol. The normalized spacial score (nSPS) is 15.1. The number of aromatic nitrogens is 3. The number of methoxy groups -OCH3 is 2. The first-order valence-electron chi connectivity index (χ1n) is 10.1. The lowest BCUT2D eigenvalue weighted by atomic mass is 10.1. The Morgan fingerprint density at radius 2 is 2.06 bits per heavy atom. The summed E-state index contributed by atoms with van der Waals surface area (Å²) in [5.74, 6) is -0.0341. The molecule has 0 fully saturated rings. The maximum Gasteiger partial charge on any atom is 0.339 e. The molecule has 9 nitrogen and oxygen atoms in total. The molecule has 0 bridgehead atoms. The van der Waals surface area contributed by atoms with Crippen molar-refractivity contribution in [2.24, 2.45) is 0 Å². The number of hydrogen-bond acceptors (Lipinski definition) is 7. The summed E-state index contributed by atoms with van der Waals surface area (Å²) in [6.45, 7) is 2.07. The molecule has 0 spiro atoms. The molecule has 3 heterocycles. The maximum atomic E-state index is 12.8. The van der Waals surface area contributed by atoms with Crippen molar-refractivity contribution < 1.29 is 19.1 Å². The zero-order valence-electron chi connectivity index (χ0n) is 18.0. The van der Waals surface area contributed by atoms with E-state index in [1.54, 1.807) is 36.0 Å². The van der Waals surface area contributed by atoms with Gasteiger partial charge in [0.25, 0.3) is 5.91 Å². The van der Waals surface area contributed by atoms with Crippen LogP contribution in [0.4, 0.5) is 0 Å². The average Bonchev–Trinajstić information content (AvgIpc) is 3.28. The molecule has 9 heteroatoms. The van der Waals surface area contributed by atoms with E-state index in [9.17, 15) is 9.59 Å². The van der Waals surface area contributed by atoms with Crippen LogP contribution in [0.5, 0.6) is 5.75 Å². The third-order valence-corrected chi connectivity index (χ3v) is 5.15. The van der Waals surface area contributed by atoms with Crippen LogP contribution in [0, 0.1) is 0 Å². The summed E-state index contributed by atoms with van der Waals surface area (Å²) in [7, 11) is 2.96. The Labute approximate surface area is 184 Å². The van der Waals surface area contributed by atoms with E-state index in [1.165, 1.54) is 13.3 Å². The van der Waals surface area contributed by atoms with Crippen LogP contribution >= 0.6 is 0 Å². The number of fused-ring (bicyclic) bond motifs is 1. The number of carbonyl (C=O) groups is 2. The summed E-state index contributed by atoms with van der Waals surface area (Å²) in [5.41, 5.74) is 3.94. The van der Waals surface area contributed by atoms with Crippen molar-refractivity contribution in [3.05, 3.63) is 71.7 Å². The van der Waals surface area contributed by atoms with E-state index in [4.69, 9.17) is 4.74 Å². The first-order chi connectivity index (χ1) is 15.5. The number of ether oxygens (including phenoxy) is 2. The zero-order valence-corrected chi connectivity index (χ0v) is 18.0. The van der Waals surface area contributed by atoms with Gasteiger partial charge < -0.3 is 20.1 Å². The number of amides is 1. The van der Waals surface area contributed by atoms with Gasteiger partial charge in [-0.25, -0.2) is 14.3 Å². The van der Waals surface area contributed by atoms with Crippen molar-refractivity contribution in [3.63, 3.8) is 0 Å². The highest BCUT2D eigenvalue weighted by molar-refractivity contribution is 5.94. The van der Waals surface area contributed by atoms with E-state index >= 15 is 0 Å². The number of carbonyl (C=O) groups excluding carboxylic acids is 2. The fraction of sp³-hybridized carbons (Fsp3) is 0.217. The van der Waals surface area contributed by atoms with Gasteiger partial charge in [-0.2, -0.15) is 5.10 Å². The second-order valence-electron chi connectivity index (χ2n) is 7.08. The van der Waals surface area contributed by atoms with Crippen LogP contribution in [0.1, 0.15) is 23.0 Å². The molecule has 1 aromatic carbocycles. The number of aryl methyl sites for hydroxylation is 1. The van der Waals surface area contributed by atoms with Crippen LogP contribution in [0.25, 0.3) is 16.9 Å². The molecule has 2 N–H and O–H groups in total. The Balaban J connectivity index is 1.57. The number of esters is 1. The number of rotatable bonds is 6. The van der Waals surface area contributed by atoms with Gasteiger partial charge in [0.15, 0.2) is 11.3 Å². The van der Waals surface area contributed by atoms with E-state index in [0.717, 1.165) is 29.0 Å². The zero-order chi connectivity index (χ0) is 22.7. The molecule has 164 valence electrons. The molecule has 3 aromatic rings. The van der Waals surface area contributed by atoms with Gasteiger partial charge in [0.1, 0.15) is 11.9 Å². The van der Waals surface area contributed by atoms with E-state index in [2.05, 4.69) is 32.4 Å². The lowest BCUT2D eigenvalue weighted by Crippen LogP contribution is -2.43. The average molecular weight is 433 g/mol. The quantitative estimate of drug-likeness (QED) is 0.574. The molecule has 2 aromatic heterocycles. The van der Waals surface area contributed by atoms with Gasteiger partial charge in [-0.1, -0.05) is 19.1 Å². The molecule has 0 radical (unpaired) electrons. The van der Waals surface area contributed by atoms with Crippen molar-refractivity contribution in [1.82, 2.24) is 25.2 Å². The third kappa shape index (κ3) is 4.04. The SMILES string of the molecule is CCc1ccc(-c2ccnc3cc(C(=O)NC4C=CC(C(=O)OC)=CN4)nn23)cc1OC. The lowest BCUT2D eigenvalue weighted by molar-refractivity contribution is -0.135. The highest BCUT2D eigenvalue weighted by Gasteiger charge is 2.19. The molecular formula is C23H23N5O4. The first kappa shape index (κ1) is 21.1. The number of hydrogen-bond donors (Lipinski definition) is 2. The molecule has 0 saturated carbocycles. The summed E-state index contributed by atoms with van der Waals surface area (Å²) >= 11 is 0. The van der Waals surface area contributed by atoms with Gasteiger partial charge in [0.2, 0.25) is 0 Å². The van der Waals surface area contributed by atoms with E-state index < -0.39 is 12.1 Å². The van der Waals surface area contributed by atoms with Crippen LogP contribution in [0.2, 0.25) is 0 Å². The fourth-order valence-corrected chi connectivity index (χ4v) is 3.45. The summed E-state index contributed by atoms with van der Waals surface area (Å²) in [6, 6.07) is 9.44. The standard InChI is InChI=1S/C23H23N5O4/c1-4-14-5-6-15(11-19(14)31-2)18-9-10-24-21-12-17(27-28(18)21)22(29)26-20-8-7-16(13-25-20)23(30)32-3/h5-13,20,25H,4H2,1-3H3,(H,26,29). The third-order valence-electron chi connectivity index (χ3n) is 5.15.